The number of nitrogens with two attached hydrogens (primary N) is 1. The minimum atomic E-state index is -0.759. The van der Waals surface area contributed by atoms with Crippen molar-refractivity contribution >= 4 is 67.3 Å². The second-order valence-electron chi connectivity index (χ2n) is 4.90. The van der Waals surface area contributed by atoms with Crippen molar-refractivity contribution in [3.05, 3.63) is 54.4 Å². The number of amides is 2. The Morgan fingerprint density at radius 1 is 1.27 bits per heavy atom. The van der Waals surface area contributed by atoms with E-state index in [1.54, 1.807) is 18.2 Å². The summed E-state index contributed by atoms with van der Waals surface area (Å²) in [5, 5.41) is 4.67. The SMILES string of the molecule is COc1cc(/C=N\NC(N)=O)c(Br)c(Br)c1OCc1ccc(Cl)c(Cl)c1. The van der Waals surface area contributed by atoms with Crippen LogP contribution in [-0.2, 0) is 6.61 Å². The molecule has 10 heteroatoms. The van der Waals surface area contributed by atoms with Gasteiger partial charge in [0.05, 0.1) is 27.8 Å². The number of carbonyl (C=O) groups excluding carboxylic acids is 1. The fourth-order valence-electron chi connectivity index (χ4n) is 1.94. The number of urea groups is 1. The predicted octanol–water partition coefficient (Wildman–Crippen LogP) is 5.11. The Bertz CT molecular complexity index is 863. The molecule has 6 nitrogen and oxygen atoms in total. The average Bonchev–Trinajstić information content (AvgIpc) is 2.60. The van der Waals surface area contributed by atoms with Crippen LogP contribution in [0.15, 0.2) is 38.3 Å². The summed E-state index contributed by atoms with van der Waals surface area (Å²) in [5.41, 5.74) is 8.59. The lowest BCUT2D eigenvalue weighted by Crippen LogP contribution is -2.24. The Morgan fingerprint density at radius 3 is 2.62 bits per heavy atom. The molecular weight excluding hydrogens is 513 g/mol. The van der Waals surface area contributed by atoms with Gasteiger partial charge in [0.15, 0.2) is 11.5 Å². The molecule has 0 saturated heterocycles. The largest absolute Gasteiger partial charge is 0.493 e. The number of nitrogens with zero attached hydrogens (tertiary/aromatic N) is 1. The average molecular weight is 526 g/mol. The zero-order chi connectivity index (χ0) is 19.3. The van der Waals surface area contributed by atoms with Crippen LogP contribution in [0.3, 0.4) is 0 Å². The van der Waals surface area contributed by atoms with Crippen molar-refractivity contribution in [1.82, 2.24) is 5.43 Å². The topological polar surface area (TPSA) is 85.9 Å². The number of ether oxygens (including phenoxy) is 2. The van der Waals surface area contributed by atoms with E-state index in [1.165, 1.54) is 13.3 Å². The summed E-state index contributed by atoms with van der Waals surface area (Å²) in [6, 6.07) is 6.20. The number of primary amides is 1. The van der Waals surface area contributed by atoms with E-state index in [0.717, 1.165) is 5.56 Å². The van der Waals surface area contributed by atoms with Gasteiger partial charge in [-0.05, 0) is 55.6 Å². The molecule has 26 heavy (non-hydrogen) atoms. The van der Waals surface area contributed by atoms with Gasteiger partial charge in [0.1, 0.15) is 6.61 Å². The molecule has 0 aliphatic heterocycles. The zero-order valence-corrected chi connectivity index (χ0v) is 18.0. The first kappa shape index (κ1) is 20.8. The highest BCUT2D eigenvalue weighted by molar-refractivity contribution is 9.13. The Kier molecular flexibility index (Phi) is 7.57. The Morgan fingerprint density at radius 2 is 2.00 bits per heavy atom. The minimum absolute atomic E-state index is 0.259. The van der Waals surface area contributed by atoms with E-state index in [0.29, 0.717) is 36.1 Å². The second kappa shape index (κ2) is 9.45. The first-order chi connectivity index (χ1) is 12.3. The highest BCUT2D eigenvalue weighted by Gasteiger charge is 2.17. The molecule has 2 aromatic rings. The van der Waals surface area contributed by atoms with Crippen molar-refractivity contribution < 1.29 is 14.3 Å². The number of hydrogen-bond acceptors (Lipinski definition) is 4. The molecule has 0 radical (unpaired) electrons. The summed E-state index contributed by atoms with van der Waals surface area (Å²) in [6.07, 6.45) is 1.42. The van der Waals surface area contributed by atoms with Crippen LogP contribution in [0.1, 0.15) is 11.1 Å². The quantitative estimate of drug-likeness (QED) is 0.406. The zero-order valence-electron chi connectivity index (χ0n) is 13.4. The van der Waals surface area contributed by atoms with E-state index in [1.807, 2.05) is 6.07 Å². The fourth-order valence-corrected chi connectivity index (χ4v) is 3.19. The summed E-state index contributed by atoms with van der Waals surface area (Å²) in [7, 11) is 1.52. The number of hydrogen-bond donors (Lipinski definition) is 2. The molecule has 0 aliphatic rings. The van der Waals surface area contributed by atoms with Gasteiger partial charge in [-0.3, -0.25) is 0 Å². The van der Waals surface area contributed by atoms with Crippen LogP contribution < -0.4 is 20.6 Å². The van der Waals surface area contributed by atoms with Crippen LogP contribution in [-0.4, -0.2) is 19.4 Å². The van der Waals surface area contributed by atoms with Crippen molar-refractivity contribution in [2.24, 2.45) is 10.8 Å². The van der Waals surface area contributed by atoms with Gasteiger partial charge in [-0.25, -0.2) is 10.2 Å². The predicted molar refractivity (Wildman–Crippen MR) is 110 cm³/mol. The monoisotopic (exact) mass is 523 g/mol. The van der Waals surface area contributed by atoms with Crippen LogP contribution in [0.2, 0.25) is 10.0 Å². The van der Waals surface area contributed by atoms with Crippen molar-refractivity contribution in [2.45, 2.75) is 6.61 Å². The molecule has 0 fully saturated rings. The Labute approximate surface area is 176 Å². The number of nitrogens with one attached hydrogen (secondary N) is 1. The first-order valence-electron chi connectivity index (χ1n) is 7.04. The van der Waals surface area contributed by atoms with E-state index >= 15 is 0 Å². The van der Waals surface area contributed by atoms with Gasteiger partial charge in [0, 0.05) is 10.0 Å². The van der Waals surface area contributed by atoms with Crippen molar-refractivity contribution in [3.63, 3.8) is 0 Å². The number of hydrazone groups is 1. The van der Waals surface area contributed by atoms with Crippen LogP contribution in [0.25, 0.3) is 0 Å². The highest BCUT2D eigenvalue weighted by atomic mass is 79.9. The molecule has 0 heterocycles. The number of carbonyl (C=O) groups is 1. The molecular formula is C16H13Br2Cl2N3O3. The lowest BCUT2D eigenvalue weighted by Gasteiger charge is -2.15. The number of halogens is 4. The third kappa shape index (κ3) is 5.26. The van der Waals surface area contributed by atoms with Crippen molar-refractivity contribution in [1.29, 1.82) is 0 Å². The number of methoxy groups -OCH3 is 1. The molecule has 0 aromatic heterocycles. The van der Waals surface area contributed by atoms with Gasteiger partial charge in [0.2, 0.25) is 0 Å². The van der Waals surface area contributed by atoms with Gasteiger partial charge >= 0.3 is 6.03 Å². The maximum Gasteiger partial charge on any atom is 0.332 e. The number of benzene rings is 2. The Hall–Kier alpha value is -1.48. The van der Waals surface area contributed by atoms with E-state index in [-0.39, 0.29) is 6.61 Å². The lowest BCUT2D eigenvalue weighted by atomic mass is 10.2. The van der Waals surface area contributed by atoms with Crippen molar-refractivity contribution in [3.8, 4) is 11.5 Å². The van der Waals surface area contributed by atoms with Crippen LogP contribution in [0, 0.1) is 0 Å². The van der Waals surface area contributed by atoms with Crippen LogP contribution in [0.5, 0.6) is 11.5 Å². The smallest absolute Gasteiger partial charge is 0.332 e. The standard InChI is InChI=1S/C16H13Br2Cl2N3O3/c1-25-12-5-9(6-22-23-16(21)24)13(17)14(18)15(12)26-7-8-2-3-10(19)11(20)4-8/h2-6H,7H2,1H3,(H3,21,23,24)/b22-6-. The maximum absolute atomic E-state index is 10.7. The third-order valence-electron chi connectivity index (χ3n) is 3.12. The van der Waals surface area contributed by atoms with E-state index in [9.17, 15) is 4.79 Å². The Balaban J connectivity index is 2.27. The third-order valence-corrected chi connectivity index (χ3v) is 6.00. The van der Waals surface area contributed by atoms with E-state index in [2.05, 4.69) is 42.4 Å². The minimum Gasteiger partial charge on any atom is -0.493 e. The molecule has 3 N–H and O–H groups in total. The molecule has 0 spiro atoms. The van der Waals surface area contributed by atoms with Gasteiger partial charge in [0.25, 0.3) is 0 Å². The normalized spacial score (nSPS) is 10.8. The molecule has 138 valence electrons. The summed E-state index contributed by atoms with van der Waals surface area (Å²) in [6.45, 7) is 0.259. The lowest BCUT2D eigenvalue weighted by molar-refractivity contribution is 0.249. The molecule has 2 amide bonds. The van der Waals surface area contributed by atoms with Crippen LogP contribution in [0.4, 0.5) is 4.79 Å². The molecule has 0 saturated carbocycles. The highest BCUT2D eigenvalue weighted by Crippen LogP contribution is 2.42. The maximum atomic E-state index is 10.7. The first-order valence-corrected chi connectivity index (χ1v) is 9.39. The van der Waals surface area contributed by atoms with Crippen LogP contribution >= 0.6 is 55.1 Å². The van der Waals surface area contributed by atoms with Gasteiger partial charge in [-0.15, -0.1) is 0 Å². The van der Waals surface area contributed by atoms with Gasteiger partial charge in [-0.1, -0.05) is 29.3 Å². The fraction of sp³-hybridized carbons (Fsp3) is 0.125. The molecule has 2 aromatic carbocycles. The molecule has 0 bridgehead atoms. The second-order valence-corrected chi connectivity index (χ2v) is 7.30. The van der Waals surface area contributed by atoms with Gasteiger partial charge < -0.3 is 15.2 Å². The molecule has 0 aliphatic carbocycles. The molecule has 0 atom stereocenters. The van der Waals surface area contributed by atoms with Crippen molar-refractivity contribution in [2.75, 3.05) is 7.11 Å². The summed E-state index contributed by atoms with van der Waals surface area (Å²) < 4.78 is 12.6. The summed E-state index contributed by atoms with van der Waals surface area (Å²) in [4.78, 5) is 10.7. The summed E-state index contributed by atoms with van der Waals surface area (Å²) >= 11 is 18.9. The number of rotatable bonds is 6. The summed E-state index contributed by atoms with van der Waals surface area (Å²) in [5.74, 6) is 0.964. The molecule has 0 unspecified atom stereocenters. The molecule has 2 rings (SSSR count). The van der Waals surface area contributed by atoms with E-state index < -0.39 is 6.03 Å². The van der Waals surface area contributed by atoms with Gasteiger partial charge in [-0.2, -0.15) is 5.10 Å². The van der Waals surface area contributed by atoms with E-state index in [4.69, 9.17) is 38.4 Å².